The summed E-state index contributed by atoms with van der Waals surface area (Å²) >= 11 is 3.19. The molecule has 2 rings (SSSR count). The van der Waals surface area contributed by atoms with E-state index in [9.17, 15) is 14.7 Å². The van der Waals surface area contributed by atoms with Gasteiger partial charge in [0.2, 0.25) is 5.91 Å². The summed E-state index contributed by atoms with van der Waals surface area (Å²) in [6, 6.07) is 19.1. The lowest BCUT2D eigenvalue weighted by Crippen LogP contribution is -2.48. The largest absolute Gasteiger partial charge is 0.480 e. The molecule has 2 N–H and O–H groups in total. The first kappa shape index (κ1) is 22.4. The van der Waals surface area contributed by atoms with E-state index in [0.717, 1.165) is 17.1 Å². The number of hydrogen-bond acceptors (Lipinski definition) is 4. The zero-order valence-corrected chi connectivity index (χ0v) is 17.9. The van der Waals surface area contributed by atoms with Crippen molar-refractivity contribution < 1.29 is 14.7 Å². The van der Waals surface area contributed by atoms with Crippen molar-refractivity contribution in [1.82, 2.24) is 5.32 Å². The highest BCUT2D eigenvalue weighted by atomic mass is 32.2. The molecule has 1 atom stereocenters. The van der Waals surface area contributed by atoms with Gasteiger partial charge in [0.15, 0.2) is 0 Å². The summed E-state index contributed by atoms with van der Waals surface area (Å²) in [6.07, 6.45) is 0. The van der Waals surface area contributed by atoms with Gasteiger partial charge in [-0.05, 0) is 11.1 Å². The van der Waals surface area contributed by atoms with Crippen LogP contribution >= 0.6 is 23.5 Å². The van der Waals surface area contributed by atoms with Gasteiger partial charge in [-0.1, -0.05) is 74.5 Å². The molecule has 0 aliphatic heterocycles. The van der Waals surface area contributed by atoms with Crippen LogP contribution in [-0.4, -0.2) is 34.5 Å². The van der Waals surface area contributed by atoms with Gasteiger partial charge in [-0.15, -0.1) is 0 Å². The lowest BCUT2D eigenvalue weighted by molar-refractivity contribution is -0.142. The van der Waals surface area contributed by atoms with Crippen molar-refractivity contribution in [3.8, 4) is 0 Å². The Bertz CT molecular complexity index is 751. The summed E-state index contributed by atoms with van der Waals surface area (Å²) in [5.74, 6) is 1.28. The van der Waals surface area contributed by atoms with Crippen LogP contribution < -0.4 is 5.32 Å². The molecule has 0 saturated heterocycles. The van der Waals surface area contributed by atoms with Gasteiger partial charge < -0.3 is 10.4 Å². The highest BCUT2D eigenvalue weighted by Gasteiger charge is 2.31. The fourth-order valence-corrected chi connectivity index (χ4v) is 4.64. The highest BCUT2D eigenvalue weighted by molar-refractivity contribution is 7.98. The number of carbonyl (C=O) groups is 2. The molecule has 28 heavy (non-hydrogen) atoms. The highest BCUT2D eigenvalue weighted by Crippen LogP contribution is 2.25. The fraction of sp³-hybridized carbons (Fsp3) is 0.364. The lowest BCUT2D eigenvalue weighted by atomic mass is 9.95. The van der Waals surface area contributed by atoms with Gasteiger partial charge in [0.1, 0.15) is 6.04 Å². The number of benzene rings is 2. The van der Waals surface area contributed by atoms with E-state index in [1.807, 2.05) is 62.4 Å². The van der Waals surface area contributed by atoms with Crippen molar-refractivity contribution in [3.05, 3.63) is 71.8 Å². The van der Waals surface area contributed by atoms with E-state index < -0.39 is 17.4 Å². The van der Waals surface area contributed by atoms with E-state index in [-0.39, 0.29) is 5.91 Å². The minimum absolute atomic E-state index is 0.222. The minimum atomic E-state index is -0.998. The molecule has 4 nitrogen and oxygen atoms in total. The number of thioether (sulfide) groups is 2. The Kier molecular flexibility index (Phi) is 8.93. The minimum Gasteiger partial charge on any atom is -0.480 e. The maximum atomic E-state index is 12.7. The molecule has 0 aromatic heterocycles. The normalized spacial score (nSPS) is 12.4. The van der Waals surface area contributed by atoms with Gasteiger partial charge in [0.05, 0.1) is 5.41 Å². The average Bonchev–Trinajstić information content (AvgIpc) is 2.68. The molecule has 0 spiro atoms. The number of hydrogen-bond donors (Lipinski definition) is 2. The predicted octanol–water partition coefficient (Wildman–Crippen LogP) is 4.45. The topological polar surface area (TPSA) is 66.4 Å². The summed E-state index contributed by atoms with van der Waals surface area (Å²) < 4.78 is 0. The molecule has 6 heteroatoms. The second-order valence-electron chi connectivity index (χ2n) is 7.23. The van der Waals surface area contributed by atoms with Crippen molar-refractivity contribution in [2.45, 2.75) is 31.4 Å². The average molecular weight is 418 g/mol. The molecule has 2 aromatic rings. The molecule has 0 aliphatic carbocycles. The Morgan fingerprint density at radius 3 is 1.93 bits per heavy atom. The molecule has 150 valence electrons. The van der Waals surface area contributed by atoms with Crippen molar-refractivity contribution >= 4 is 35.4 Å². The molecule has 0 saturated carbocycles. The Hall–Kier alpha value is -1.92. The number of carbonyl (C=O) groups excluding carboxylic acids is 1. The van der Waals surface area contributed by atoms with Gasteiger partial charge in [0.25, 0.3) is 0 Å². The third-order valence-corrected chi connectivity index (χ3v) is 6.76. The fourth-order valence-electron chi connectivity index (χ4n) is 2.46. The smallest absolute Gasteiger partial charge is 0.327 e. The summed E-state index contributed by atoms with van der Waals surface area (Å²) in [5, 5.41) is 12.2. The molecule has 2 aromatic carbocycles. The Morgan fingerprint density at radius 2 is 1.43 bits per heavy atom. The molecular weight excluding hydrogens is 390 g/mol. The first-order valence-corrected chi connectivity index (χ1v) is 11.5. The van der Waals surface area contributed by atoms with Gasteiger partial charge in [-0.3, -0.25) is 4.79 Å². The second kappa shape index (κ2) is 11.2. The third kappa shape index (κ3) is 7.60. The maximum absolute atomic E-state index is 12.7. The summed E-state index contributed by atoms with van der Waals surface area (Å²) in [4.78, 5) is 24.2. The molecule has 0 aliphatic rings. The third-order valence-electron chi connectivity index (χ3n) is 4.19. The first-order chi connectivity index (χ1) is 13.4. The van der Waals surface area contributed by atoms with Crippen molar-refractivity contribution in [3.63, 3.8) is 0 Å². The van der Waals surface area contributed by atoms with Crippen LogP contribution in [-0.2, 0) is 21.1 Å². The molecule has 0 fully saturated rings. The standard InChI is InChI=1S/C22H27NO3S2/c1-22(2,16-28-14-18-11-7-4-8-12-18)21(26)23-19(20(24)25)15-27-13-17-9-5-3-6-10-17/h3-12,19H,13-16H2,1-2H3,(H,23,26)(H,24,25)/t19-/m0/s1. The van der Waals surface area contributed by atoms with Crippen LogP contribution in [0.25, 0.3) is 0 Å². The van der Waals surface area contributed by atoms with E-state index >= 15 is 0 Å². The number of rotatable bonds is 11. The Balaban J connectivity index is 1.81. The van der Waals surface area contributed by atoms with Crippen LogP contribution in [0.2, 0.25) is 0 Å². The number of carboxylic acids is 1. The second-order valence-corrected chi connectivity index (χ2v) is 9.24. The van der Waals surface area contributed by atoms with E-state index in [2.05, 4.69) is 17.4 Å². The quantitative estimate of drug-likeness (QED) is 0.565. The molecular formula is C22H27NO3S2. The Labute approximate surface area is 175 Å². The molecule has 0 heterocycles. The molecule has 0 unspecified atom stereocenters. The first-order valence-electron chi connectivity index (χ1n) is 9.15. The van der Waals surface area contributed by atoms with Crippen LogP contribution in [0.5, 0.6) is 0 Å². The molecule has 0 radical (unpaired) electrons. The van der Waals surface area contributed by atoms with Gasteiger partial charge in [-0.2, -0.15) is 23.5 Å². The number of carboxylic acid groups (broad SMARTS) is 1. The number of aliphatic carboxylic acids is 1. The maximum Gasteiger partial charge on any atom is 0.327 e. The van der Waals surface area contributed by atoms with E-state index in [4.69, 9.17) is 0 Å². The molecule has 0 bridgehead atoms. The summed E-state index contributed by atoms with van der Waals surface area (Å²) in [7, 11) is 0. The number of amides is 1. The van der Waals surface area contributed by atoms with Gasteiger partial charge in [0, 0.05) is 23.0 Å². The van der Waals surface area contributed by atoms with E-state index in [1.54, 1.807) is 11.8 Å². The molecule has 1 amide bonds. The summed E-state index contributed by atoms with van der Waals surface area (Å²) in [6.45, 7) is 3.71. The lowest BCUT2D eigenvalue weighted by Gasteiger charge is -2.25. The van der Waals surface area contributed by atoms with Gasteiger partial charge >= 0.3 is 5.97 Å². The van der Waals surface area contributed by atoms with E-state index in [1.165, 1.54) is 17.3 Å². The van der Waals surface area contributed by atoms with Crippen LogP contribution in [0.4, 0.5) is 0 Å². The van der Waals surface area contributed by atoms with Crippen molar-refractivity contribution in [2.24, 2.45) is 5.41 Å². The zero-order chi connectivity index (χ0) is 20.4. The summed E-state index contributed by atoms with van der Waals surface area (Å²) in [5.41, 5.74) is 1.71. The van der Waals surface area contributed by atoms with Crippen molar-refractivity contribution in [2.75, 3.05) is 11.5 Å². The van der Waals surface area contributed by atoms with Crippen LogP contribution in [0.15, 0.2) is 60.7 Å². The Morgan fingerprint density at radius 1 is 0.929 bits per heavy atom. The monoisotopic (exact) mass is 417 g/mol. The zero-order valence-electron chi connectivity index (χ0n) is 16.3. The predicted molar refractivity (Wildman–Crippen MR) is 119 cm³/mol. The van der Waals surface area contributed by atoms with E-state index in [0.29, 0.717) is 11.5 Å². The van der Waals surface area contributed by atoms with Crippen LogP contribution in [0.3, 0.4) is 0 Å². The van der Waals surface area contributed by atoms with Crippen molar-refractivity contribution in [1.29, 1.82) is 0 Å². The van der Waals surface area contributed by atoms with Crippen LogP contribution in [0.1, 0.15) is 25.0 Å². The SMILES string of the molecule is CC(C)(CSCc1ccccc1)C(=O)N[C@@H](CSCc1ccccc1)C(=O)O. The number of nitrogens with one attached hydrogen (secondary N) is 1. The van der Waals surface area contributed by atoms with Gasteiger partial charge in [-0.25, -0.2) is 4.79 Å². The van der Waals surface area contributed by atoms with Crippen LogP contribution in [0, 0.1) is 5.41 Å².